The molecule has 0 saturated carbocycles. The fourth-order valence-electron chi connectivity index (χ4n) is 1.05. The predicted molar refractivity (Wildman–Crippen MR) is 58.1 cm³/mol. The minimum Gasteiger partial charge on any atom is -0.318 e. The Balaban J connectivity index is 3.05. The molecule has 0 aliphatic rings. The van der Waals surface area contributed by atoms with Crippen LogP contribution in [0.1, 0.15) is 0 Å². The van der Waals surface area contributed by atoms with Crippen molar-refractivity contribution in [3.63, 3.8) is 0 Å². The molecule has 0 amide bonds. The lowest BCUT2D eigenvalue weighted by Gasteiger charge is -2.17. The highest BCUT2D eigenvalue weighted by Crippen LogP contribution is 2.28. The molecule has 2 nitrogen and oxygen atoms in total. The standard InChI is InChI=1S/C8H14N2S2/c1-9(2)10-6-5-7(11-3)8(10)12-4/h5-6H,1-4H3. The second kappa shape index (κ2) is 4.14. The largest absolute Gasteiger partial charge is 0.318 e. The lowest BCUT2D eigenvalue weighted by molar-refractivity contribution is 0.668. The van der Waals surface area contributed by atoms with E-state index in [9.17, 15) is 0 Å². The average Bonchev–Trinajstić information content (AvgIpc) is 2.46. The molecule has 0 unspecified atom stereocenters. The lowest BCUT2D eigenvalue weighted by atomic mass is 10.7. The topological polar surface area (TPSA) is 8.17 Å². The molecule has 0 N–H and O–H groups in total. The molecule has 0 radical (unpaired) electrons. The van der Waals surface area contributed by atoms with Crippen LogP contribution < -0.4 is 5.01 Å². The Kier molecular flexibility index (Phi) is 3.40. The maximum absolute atomic E-state index is 2.15. The molecule has 68 valence electrons. The molecular formula is C8H14N2S2. The highest BCUT2D eigenvalue weighted by atomic mass is 32.2. The Bertz CT molecular complexity index is 256. The van der Waals surface area contributed by atoms with E-state index < -0.39 is 0 Å². The first kappa shape index (κ1) is 9.86. The number of hydrogen-bond acceptors (Lipinski definition) is 3. The van der Waals surface area contributed by atoms with Crippen molar-refractivity contribution in [2.75, 3.05) is 31.6 Å². The molecular weight excluding hydrogens is 188 g/mol. The summed E-state index contributed by atoms with van der Waals surface area (Å²) in [5.41, 5.74) is 0. The van der Waals surface area contributed by atoms with Gasteiger partial charge < -0.3 is 5.01 Å². The van der Waals surface area contributed by atoms with Gasteiger partial charge in [0.2, 0.25) is 0 Å². The first-order valence-electron chi connectivity index (χ1n) is 3.67. The van der Waals surface area contributed by atoms with Gasteiger partial charge in [-0.2, -0.15) is 0 Å². The minimum atomic E-state index is 1.31. The summed E-state index contributed by atoms with van der Waals surface area (Å²) in [6.07, 6.45) is 6.31. The molecule has 0 aromatic carbocycles. The highest BCUT2D eigenvalue weighted by molar-refractivity contribution is 8.01. The number of nitrogens with zero attached hydrogens (tertiary/aromatic N) is 2. The Morgan fingerprint density at radius 2 is 1.92 bits per heavy atom. The Labute approximate surface area is 82.3 Å². The summed E-state index contributed by atoms with van der Waals surface area (Å²) < 4.78 is 2.15. The van der Waals surface area contributed by atoms with Crippen molar-refractivity contribution in [3.8, 4) is 0 Å². The number of rotatable bonds is 3. The van der Waals surface area contributed by atoms with E-state index in [2.05, 4.69) is 34.5 Å². The van der Waals surface area contributed by atoms with Crippen molar-refractivity contribution in [2.45, 2.75) is 9.92 Å². The van der Waals surface area contributed by atoms with Gasteiger partial charge >= 0.3 is 0 Å². The molecule has 1 aromatic rings. The van der Waals surface area contributed by atoms with E-state index in [1.807, 2.05) is 14.1 Å². The average molecular weight is 202 g/mol. The van der Waals surface area contributed by atoms with E-state index in [1.165, 1.54) is 9.92 Å². The van der Waals surface area contributed by atoms with Crippen LogP contribution in [0.5, 0.6) is 0 Å². The van der Waals surface area contributed by atoms with Crippen LogP contribution in [0.15, 0.2) is 22.2 Å². The maximum Gasteiger partial charge on any atom is 0.108 e. The molecule has 1 heterocycles. The van der Waals surface area contributed by atoms with Crippen LogP contribution in [0.2, 0.25) is 0 Å². The van der Waals surface area contributed by atoms with Crippen molar-refractivity contribution in [1.29, 1.82) is 0 Å². The summed E-state index contributed by atoms with van der Waals surface area (Å²) in [5, 5.41) is 3.39. The second-order valence-corrected chi connectivity index (χ2v) is 4.23. The summed E-state index contributed by atoms with van der Waals surface area (Å²) in [4.78, 5) is 1.34. The SMILES string of the molecule is CSc1ccn(N(C)C)c1SC. The summed E-state index contributed by atoms with van der Waals surface area (Å²) in [6, 6.07) is 2.15. The third-order valence-corrected chi connectivity index (χ3v) is 3.32. The quantitative estimate of drug-likeness (QED) is 0.694. The molecule has 0 spiro atoms. The minimum absolute atomic E-state index is 1.31. The molecule has 4 heteroatoms. The summed E-state index contributed by atoms with van der Waals surface area (Å²) in [7, 11) is 4.09. The molecule has 12 heavy (non-hydrogen) atoms. The first-order valence-corrected chi connectivity index (χ1v) is 6.12. The molecule has 0 fully saturated rings. The molecule has 0 bridgehead atoms. The van der Waals surface area contributed by atoms with Crippen molar-refractivity contribution < 1.29 is 0 Å². The molecule has 0 atom stereocenters. The van der Waals surface area contributed by atoms with Crippen LogP contribution in [0.3, 0.4) is 0 Å². The van der Waals surface area contributed by atoms with Gasteiger partial charge in [-0.05, 0) is 18.6 Å². The third kappa shape index (κ3) is 1.75. The van der Waals surface area contributed by atoms with E-state index in [0.717, 1.165) is 0 Å². The van der Waals surface area contributed by atoms with E-state index in [0.29, 0.717) is 0 Å². The van der Waals surface area contributed by atoms with Crippen molar-refractivity contribution in [3.05, 3.63) is 12.3 Å². The van der Waals surface area contributed by atoms with Gasteiger partial charge in [-0.25, -0.2) is 0 Å². The van der Waals surface area contributed by atoms with E-state index in [-0.39, 0.29) is 0 Å². The monoisotopic (exact) mass is 202 g/mol. The van der Waals surface area contributed by atoms with Crippen LogP contribution in [-0.4, -0.2) is 31.3 Å². The summed E-state index contributed by atoms with van der Waals surface area (Å²) >= 11 is 3.57. The van der Waals surface area contributed by atoms with Crippen molar-refractivity contribution in [1.82, 2.24) is 4.68 Å². The third-order valence-electron chi connectivity index (χ3n) is 1.63. The predicted octanol–water partition coefficient (Wildman–Crippen LogP) is 2.13. The highest BCUT2D eigenvalue weighted by Gasteiger charge is 2.07. The summed E-state index contributed by atoms with van der Waals surface area (Å²) in [6.45, 7) is 0. The van der Waals surface area contributed by atoms with E-state index in [4.69, 9.17) is 0 Å². The Hall–Kier alpha value is -0.220. The van der Waals surface area contributed by atoms with E-state index >= 15 is 0 Å². The van der Waals surface area contributed by atoms with Gasteiger partial charge in [-0.1, -0.05) is 0 Å². The Morgan fingerprint density at radius 3 is 2.33 bits per heavy atom. The molecule has 0 aliphatic carbocycles. The fraction of sp³-hybridized carbons (Fsp3) is 0.500. The van der Waals surface area contributed by atoms with Gasteiger partial charge in [0.15, 0.2) is 0 Å². The zero-order valence-electron chi connectivity index (χ0n) is 7.87. The van der Waals surface area contributed by atoms with Crippen LogP contribution in [0.25, 0.3) is 0 Å². The van der Waals surface area contributed by atoms with Gasteiger partial charge in [-0.15, -0.1) is 23.5 Å². The zero-order valence-corrected chi connectivity index (χ0v) is 9.50. The van der Waals surface area contributed by atoms with Gasteiger partial charge in [0.05, 0.1) is 0 Å². The van der Waals surface area contributed by atoms with Gasteiger partial charge in [0, 0.05) is 25.2 Å². The molecule has 0 saturated heterocycles. The van der Waals surface area contributed by atoms with Gasteiger partial charge in [0.25, 0.3) is 0 Å². The van der Waals surface area contributed by atoms with Gasteiger partial charge in [-0.3, -0.25) is 4.68 Å². The van der Waals surface area contributed by atoms with Crippen LogP contribution in [-0.2, 0) is 0 Å². The molecule has 1 aromatic heterocycles. The number of thioether (sulfide) groups is 2. The normalized spacial score (nSPS) is 10.3. The smallest absolute Gasteiger partial charge is 0.108 e. The molecule has 1 rings (SSSR count). The number of aromatic nitrogens is 1. The van der Waals surface area contributed by atoms with Gasteiger partial charge in [0.1, 0.15) is 5.03 Å². The van der Waals surface area contributed by atoms with Crippen LogP contribution in [0.4, 0.5) is 0 Å². The first-order chi connectivity index (χ1) is 5.70. The van der Waals surface area contributed by atoms with Crippen molar-refractivity contribution >= 4 is 23.5 Å². The van der Waals surface area contributed by atoms with Crippen LogP contribution in [0, 0.1) is 0 Å². The zero-order chi connectivity index (χ0) is 9.14. The van der Waals surface area contributed by atoms with Crippen LogP contribution >= 0.6 is 23.5 Å². The summed E-state index contributed by atoms with van der Waals surface area (Å²) in [5.74, 6) is 0. The second-order valence-electron chi connectivity index (χ2n) is 2.59. The lowest BCUT2D eigenvalue weighted by Crippen LogP contribution is -2.24. The number of hydrogen-bond donors (Lipinski definition) is 0. The van der Waals surface area contributed by atoms with E-state index in [1.54, 1.807) is 23.5 Å². The van der Waals surface area contributed by atoms with Crippen molar-refractivity contribution in [2.24, 2.45) is 0 Å². The molecule has 0 aliphatic heterocycles. The Morgan fingerprint density at radius 1 is 1.25 bits per heavy atom. The fourth-order valence-corrected chi connectivity index (χ4v) is 2.70. The maximum atomic E-state index is 2.15.